The number of benzene rings is 1. The van der Waals surface area contributed by atoms with Gasteiger partial charge in [-0.05, 0) is 32.0 Å². The molecule has 0 saturated carbocycles. The number of nitrogens with one attached hydrogen (secondary N) is 1. The van der Waals surface area contributed by atoms with E-state index in [9.17, 15) is 9.59 Å². The van der Waals surface area contributed by atoms with E-state index in [1.807, 2.05) is 50.2 Å². The van der Waals surface area contributed by atoms with E-state index in [0.29, 0.717) is 44.3 Å². The highest BCUT2D eigenvalue weighted by atomic mass is 35.5. The summed E-state index contributed by atoms with van der Waals surface area (Å²) in [5.74, 6) is 0.735. The van der Waals surface area contributed by atoms with Crippen LogP contribution in [0.1, 0.15) is 13.8 Å². The summed E-state index contributed by atoms with van der Waals surface area (Å²) in [7, 11) is 0. The van der Waals surface area contributed by atoms with E-state index >= 15 is 0 Å². The fourth-order valence-corrected chi connectivity index (χ4v) is 3.58. The van der Waals surface area contributed by atoms with Gasteiger partial charge < -0.3 is 20.0 Å². The number of nitrogens with zero attached hydrogens (tertiary/aromatic N) is 5. The van der Waals surface area contributed by atoms with Crippen LogP contribution in [0.25, 0.3) is 11.3 Å². The van der Waals surface area contributed by atoms with Gasteiger partial charge in [0.25, 0.3) is 0 Å². The van der Waals surface area contributed by atoms with Crippen LogP contribution >= 0.6 is 11.6 Å². The molecule has 1 aliphatic heterocycles. The molecule has 1 fully saturated rings. The lowest BCUT2D eigenvalue weighted by Gasteiger charge is -2.36. The first kappa shape index (κ1) is 21.8. The van der Waals surface area contributed by atoms with Crippen LogP contribution in [0.4, 0.5) is 10.6 Å². The van der Waals surface area contributed by atoms with Crippen molar-refractivity contribution in [1.82, 2.24) is 25.3 Å². The number of likely N-dealkylation sites (N-methyl/N-ethyl adjacent to an activating group) is 1. The molecule has 2 heterocycles. The predicted octanol–water partition coefficient (Wildman–Crippen LogP) is 2.50. The summed E-state index contributed by atoms with van der Waals surface area (Å²) in [6.45, 7) is 7.35. The zero-order chi connectivity index (χ0) is 21.5. The number of amides is 3. The van der Waals surface area contributed by atoms with Crippen molar-refractivity contribution in [2.24, 2.45) is 0 Å². The predicted molar refractivity (Wildman–Crippen MR) is 118 cm³/mol. The molecule has 1 saturated heterocycles. The van der Waals surface area contributed by atoms with Gasteiger partial charge in [-0.2, -0.15) is 0 Å². The van der Waals surface area contributed by atoms with E-state index in [4.69, 9.17) is 11.6 Å². The highest BCUT2D eigenvalue weighted by Crippen LogP contribution is 2.26. The van der Waals surface area contributed by atoms with E-state index in [-0.39, 0.29) is 18.5 Å². The molecule has 1 aliphatic rings. The van der Waals surface area contributed by atoms with Gasteiger partial charge in [-0.1, -0.05) is 29.8 Å². The summed E-state index contributed by atoms with van der Waals surface area (Å²) in [5, 5.41) is 12.0. The topological polar surface area (TPSA) is 81.7 Å². The normalized spacial score (nSPS) is 13.8. The quantitative estimate of drug-likeness (QED) is 0.761. The number of piperazine rings is 1. The van der Waals surface area contributed by atoms with Gasteiger partial charge in [0.15, 0.2) is 5.82 Å². The number of carbonyl (C=O) groups excluding carboxylic acids is 2. The number of hydrogen-bond acceptors (Lipinski definition) is 5. The van der Waals surface area contributed by atoms with Crippen LogP contribution in [0.15, 0.2) is 36.4 Å². The molecule has 0 radical (unpaired) electrons. The smallest absolute Gasteiger partial charge is 0.317 e. The van der Waals surface area contributed by atoms with Gasteiger partial charge in [0.2, 0.25) is 5.91 Å². The minimum Gasteiger partial charge on any atom is -0.352 e. The maximum Gasteiger partial charge on any atom is 0.317 e. The van der Waals surface area contributed by atoms with Crippen molar-refractivity contribution in [3.05, 3.63) is 41.4 Å². The third kappa shape index (κ3) is 5.18. The molecule has 0 atom stereocenters. The summed E-state index contributed by atoms with van der Waals surface area (Å²) in [6.07, 6.45) is 0. The lowest BCUT2D eigenvalue weighted by atomic mass is 10.1. The summed E-state index contributed by atoms with van der Waals surface area (Å²) in [5.41, 5.74) is 1.57. The zero-order valence-corrected chi connectivity index (χ0v) is 18.1. The molecule has 0 unspecified atom stereocenters. The molecule has 30 heavy (non-hydrogen) atoms. The average Bonchev–Trinajstić information content (AvgIpc) is 2.78. The molecule has 1 N–H and O–H groups in total. The molecule has 9 heteroatoms. The van der Waals surface area contributed by atoms with Crippen LogP contribution in [-0.4, -0.2) is 77.7 Å². The number of halogens is 1. The molecule has 3 rings (SSSR count). The molecule has 1 aromatic carbocycles. The van der Waals surface area contributed by atoms with E-state index in [1.54, 1.807) is 4.90 Å². The SMILES string of the molecule is CCNC(=O)N(CC)CC(=O)N1CCN(c2ccc(-c3ccccc3Cl)nn2)CC1. The van der Waals surface area contributed by atoms with Crippen LogP contribution in [0, 0.1) is 0 Å². The van der Waals surface area contributed by atoms with Gasteiger partial charge in [0, 0.05) is 44.8 Å². The lowest BCUT2D eigenvalue weighted by Crippen LogP contribution is -2.53. The second-order valence-corrected chi connectivity index (χ2v) is 7.38. The standard InChI is InChI=1S/C21H27ClN6O2/c1-3-23-21(30)26(4-2)15-20(29)28-13-11-27(12-14-28)19-10-9-18(24-25-19)16-7-5-6-8-17(16)22/h5-10H,3-4,11-15H2,1-2H3,(H,23,30). The van der Waals surface area contributed by atoms with Crippen molar-refractivity contribution >= 4 is 29.4 Å². The van der Waals surface area contributed by atoms with Crippen LogP contribution in [0.2, 0.25) is 5.02 Å². The van der Waals surface area contributed by atoms with Crippen LogP contribution < -0.4 is 10.2 Å². The Hall–Kier alpha value is -2.87. The minimum atomic E-state index is -0.208. The molecule has 0 bridgehead atoms. The van der Waals surface area contributed by atoms with Gasteiger partial charge in [-0.15, -0.1) is 10.2 Å². The van der Waals surface area contributed by atoms with Gasteiger partial charge in [-0.25, -0.2) is 4.79 Å². The Balaban J connectivity index is 1.55. The molecule has 0 aliphatic carbocycles. The average molecular weight is 431 g/mol. The Kier molecular flexibility index (Phi) is 7.46. The first-order valence-electron chi connectivity index (χ1n) is 10.2. The van der Waals surface area contributed by atoms with Crippen molar-refractivity contribution in [1.29, 1.82) is 0 Å². The highest BCUT2D eigenvalue weighted by molar-refractivity contribution is 6.33. The van der Waals surface area contributed by atoms with Crippen molar-refractivity contribution in [3.63, 3.8) is 0 Å². The Labute approximate surface area is 181 Å². The van der Waals surface area contributed by atoms with E-state index in [2.05, 4.69) is 20.4 Å². The fraction of sp³-hybridized carbons (Fsp3) is 0.429. The summed E-state index contributed by atoms with van der Waals surface area (Å²) >= 11 is 6.23. The molecule has 160 valence electrons. The highest BCUT2D eigenvalue weighted by Gasteiger charge is 2.24. The second-order valence-electron chi connectivity index (χ2n) is 6.97. The summed E-state index contributed by atoms with van der Waals surface area (Å²) in [6, 6.07) is 11.2. The van der Waals surface area contributed by atoms with E-state index in [0.717, 1.165) is 17.1 Å². The molecule has 0 spiro atoms. The van der Waals surface area contributed by atoms with Gasteiger partial charge in [-0.3, -0.25) is 4.79 Å². The van der Waals surface area contributed by atoms with E-state index in [1.165, 1.54) is 4.90 Å². The Bertz CT molecular complexity index is 868. The lowest BCUT2D eigenvalue weighted by molar-refractivity contribution is -0.132. The van der Waals surface area contributed by atoms with Crippen molar-refractivity contribution < 1.29 is 9.59 Å². The molecular formula is C21H27ClN6O2. The van der Waals surface area contributed by atoms with Crippen molar-refractivity contribution in [2.75, 3.05) is 50.7 Å². The number of anilines is 1. The van der Waals surface area contributed by atoms with Gasteiger partial charge in [0.1, 0.15) is 6.54 Å². The number of urea groups is 1. The third-order valence-corrected chi connectivity index (χ3v) is 5.41. The summed E-state index contributed by atoms with van der Waals surface area (Å²) in [4.78, 5) is 30.0. The first-order valence-corrected chi connectivity index (χ1v) is 10.5. The van der Waals surface area contributed by atoms with E-state index < -0.39 is 0 Å². The molecule has 8 nitrogen and oxygen atoms in total. The zero-order valence-electron chi connectivity index (χ0n) is 17.3. The Morgan fingerprint density at radius 1 is 1.07 bits per heavy atom. The van der Waals surface area contributed by atoms with Crippen molar-refractivity contribution in [2.45, 2.75) is 13.8 Å². The van der Waals surface area contributed by atoms with Gasteiger partial charge in [0.05, 0.1) is 10.7 Å². The monoisotopic (exact) mass is 430 g/mol. The largest absolute Gasteiger partial charge is 0.352 e. The maximum absolute atomic E-state index is 12.6. The first-order chi connectivity index (χ1) is 14.5. The number of rotatable bonds is 6. The Morgan fingerprint density at radius 2 is 1.80 bits per heavy atom. The number of aromatic nitrogens is 2. The van der Waals surface area contributed by atoms with Crippen LogP contribution in [-0.2, 0) is 4.79 Å². The van der Waals surface area contributed by atoms with Crippen LogP contribution in [0.3, 0.4) is 0 Å². The maximum atomic E-state index is 12.6. The van der Waals surface area contributed by atoms with Crippen LogP contribution in [0.5, 0.6) is 0 Å². The van der Waals surface area contributed by atoms with Crippen molar-refractivity contribution in [3.8, 4) is 11.3 Å². The number of carbonyl (C=O) groups is 2. The summed E-state index contributed by atoms with van der Waals surface area (Å²) < 4.78 is 0. The second kappa shape index (κ2) is 10.2. The Morgan fingerprint density at radius 3 is 2.40 bits per heavy atom. The van der Waals surface area contributed by atoms with Gasteiger partial charge >= 0.3 is 6.03 Å². The number of hydrogen-bond donors (Lipinski definition) is 1. The molecular weight excluding hydrogens is 404 g/mol. The third-order valence-electron chi connectivity index (χ3n) is 5.08. The molecule has 1 aromatic heterocycles. The fourth-order valence-electron chi connectivity index (χ4n) is 3.34. The molecule has 2 aromatic rings. The molecule has 3 amide bonds. The minimum absolute atomic E-state index is 0.0390.